The molecule has 0 aromatic rings. The first-order chi connectivity index (χ1) is 25.7. The Morgan fingerprint density at radius 1 is 0.727 bits per heavy atom. The second kappa shape index (κ2) is 13.4. The highest BCUT2D eigenvalue weighted by atomic mass is 16.7. The molecule has 2 bridgehead atoms. The predicted octanol–water partition coefficient (Wildman–Crippen LogP) is 1.78. The molecular formula is C42H68O13. The van der Waals surface area contributed by atoms with E-state index in [4.69, 9.17) is 23.7 Å². The molecule has 13 heteroatoms. The van der Waals surface area contributed by atoms with E-state index in [1.165, 1.54) is 0 Å². The topological polar surface area (TPSA) is 208 Å². The van der Waals surface area contributed by atoms with Crippen LogP contribution in [0.3, 0.4) is 0 Å². The fourth-order valence-corrected chi connectivity index (χ4v) is 14.3. The van der Waals surface area contributed by atoms with E-state index in [9.17, 15) is 40.9 Å². The molecule has 3 heterocycles. The van der Waals surface area contributed by atoms with Crippen LogP contribution in [0.15, 0.2) is 12.2 Å². The molecule has 10 unspecified atom stereocenters. The Balaban J connectivity index is 1.05. The highest BCUT2D eigenvalue weighted by Gasteiger charge is 2.79. The van der Waals surface area contributed by atoms with Gasteiger partial charge in [0.2, 0.25) is 0 Å². The van der Waals surface area contributed by atoms with Gasteiger partial charge in [-0.05, 0) is 86.4 Å². The summed E-state index contributed by atoms with van der Waals surface area (Å²) in [4.78, 5) is 0. The van der Waals surface area contributed by atoms with Crippen molar-refractivity contribution in [1.82, 2.24) is 0 Å². The molecular weight excluding hydrogens is 712 g/mol. The number of hydrogen-bond donors (Lipinski definition) is 8. The molecule has 55 heavy (non-hydrogen) atoms. The van der Waals surface area contributed by atoms with Gasteiger partial charge in [-0.1, -0.05) is 53.7 Å². The van der Waals surface area contributed by atoms with Crippen LogP contribution in [0.4, 0.5) is 0 Å². The molecule has 314 valence electrons. The molecule has 5 aliphatic carbocycles. The SMILES string of the molecule is CC1OC(O[C@@H]2CC[C@]3(C)[C@H](CC[C@@]4(C)[C@H]3C=C[C@@]35OC[C@]6(CCC(C)(C)C[C@@H]63)[C@H](O)C[C@]45C)[C@@]2(C)CO)C(O)C(OC2OC(CO)C(O)C(O)C2O)C1O. The molecule has 0 aromatic carbocycles. The molecule has 13 nitrogen and oxygen atoms in total. The van der Waals surface area contributed by atoms with E-state index in [2.05, 4.69) is 53.7 Å². The van der Waals surface area contributed by atoms with Gasteiger partial charge in [-0.3, -0.25) is 0 Å². The zero-order chi connectivity index (χ0) is 39.9. The van der Waals surface area contributed by atoms with E-state index < -0.39 is 91.2 Å². The van der Waals surface area contributed by atoms with Crippen LogP contribution < -0.4 is 0 Å². The predicted molar refractivity (Wildman–Crippen MR) is 197 cm³/mol. The molecule has 0 amide bonds. The van der Waals surface area contributed by atoms with Crippen molar-refractivity contribution in [2.75, 3.05) is 19.8 Å². The van der Waals surface area contributed by atoms with E-state index in [0.29, 0.717) is 19.4 Å². The summed E-state index contributed by atoms with van der Waals surface area (Å²) in [5.74, 6) is 0.449. The maximum Gasteiger partial charge on any atom is 0.187 e. The van der Waals surface area contributed by atoms with Gasteiger partial charge in [0, 0.05) is 22.2 Å². The largest absolute Gasteiger partial charge is 0.396 e. The minimum atomic E-state index is -1.72. The maximum atomic E-state index is 12.1. The lowest BCUT2D eigenvalue weighted by molar-refractivity contribution is -0.367. The van der Waals surface area contributed by atoms with Gasteiger partial charge in [0.1, 0.15) is 42.7 Å². The van der Waals surface area contributed by atoms with Gasteiger partial charge in [0.05, 0.1) is 43.7 Å². The second-order valence-corrected chi connectivity index (χ2v) is 21.0. The number of ether oxygens (including phenoxy) is 5. The van der Waals surface area contributed by atoms with Gasteiger partial charge < -0.3 is 64.5 Å². The van der Waals surface area contributed by atoms with Crippen molar-refractivity contribution in [3.8, 4) is 0 Å². The summed E-state index contributed by atoms with van der Waals surface area (Å²) in [5, 5.41) is 87.0. The number of aliphatic hydroxyl groups excluding tert-OH is 8. The lowest BCUT2D eigenvalue weighted by Crippen LogP contribution is -2.72. The van der Waals surface area contributed by atoms with Crippen LogP contribution in [0.2, 0.25) is 0 Å². The zero-order valence-electron chi connectivity index (χ0n) is 33.7. The smallest absolute Gasteiger partial charge is 0.187 e. The van der Waals surface area contributed by atoms with Crippen LogP contribution in [-0.4, -0.2) is 140 Å². The molecule has 21 atom stereocenters. The highest BCUT2D eigenvalue weighted by Crippen LogP contribution is 2.79. The van der Waals surface area contributed by atoms with Crippen molar-refractivity contribution in [1.29, 1.82) is 0 Å². The average molecular weight is 781 g/mol. The molecule has 3 saturated heterocycles. The van der Waals surface area contributed by atoms with E-state index in [-0.39, 0.29) is 51.4 Å². The second-order valence-electron chi connectivity index (χ2n) is 21.0. The molecule has 0 radical (unpaired) electrons. The summed E-state index contributed by atoms with van der Waals surface area (Å²) in [7, 11) is 0. The Bertz CT molecular complexity index is 1490. The number of aliphatic hydroxyl groups is 8. The summed E-state index contributed by atoms with van der Waals surface area (Å²) in [6.07, 6.45) is -3.39. The summed E-state index contributed by atoms with van der Waals surface area (Å²) in [6, 6.07) is 0. The Kier molecular flexibility index (Phi) is 9.95. The maximum absolute atomic E-state index is 12.1. The van der Waals surface area contributed by atoms with Crippen LogP contribution in [0.1, 0.15) is 99.8 Å². The Morgan fingerprint density at radius 3 is 2.13 bits per heavy atom. The standard InChI is InChI=1S/C42H68O13/c1-21-28(46)33(55-34-31(49)30(48)29(47)22(18-43)53-34)32(50)35(52-21)54-27-10-11-37(4)23(38(27,5)19-44)8-12-39(6)24(37)9-13-42-25-16-36(2,3)14-15-41(25,20-51-42)26(45)17-40(39,42)7/h9,13,21-35,43-50H,8,10-12,14-20H2,1-7H3/t21?,22?,23-,24-,25-,26+,27+,28?,29?,30?,31?,32?,33?,34?,35?,37+,38+,39-,40+,41-,42+/m0/s1. The Labute approximate surface area is 325 Å². The molecule has 8 N–H and O–H groups in total. The zero-order valence-corrected chi connectivity index (χ0v) is 33.7. The van der Waals surface area contributed by atoms with Gasteiger partial charge in [-0.25, -0.2) is 0 Å². The third-order valence-electron chi connectivity index (χ3n) is 17.9. The average Bonchev–Trinajstić information content (AvgIpc) is 3.41. The number of fused-ring (bicyclic) bond motifs is 4. The quantitative estimate of drug-likeness (QED) is 0.143. The van der Waals surface area contributed by atoms with Crippen molar-refractivity contribution >= 4 is 0 Å². The molecule has 7 fully saturated rings. The minimum absolute atomic E-state index is 0.0414. The van der Waals surface area contributed by atoms with Crippen molar-refractivity contribution < 1.29 is 64.5 Å². The monoisotopic (exact) mass is 780 g/mol. The molecule has 8 rings (SSSR count). The summed E-state index contributed by atoms with van der Waals surface area (Å²) >= 11 is 0. The van der Waals surface area contributed by atoms with Crippen molar-refractivity contribution in [2.24, 2.45) is 50.2 Å². The first-order valence-electron chi connectivity index (χ1n) is 20.9. The third-order valence-corrected chi connectivity index (χ3v) is 17.9. The third kappa shape index (κ3) is 5.44. The first kappa shape index (κ1) is 41.0. The number of rotatable bonds is 6. The Morgan fingerprint density at radius 2 is 1.44 bits per heavy atom. The normalized spacial score (nSPS) is 59.7. The van der Waals surface area contributed by atoms with E-state index in [0.717, 1.165) is 38.5 Å². The van der Waals surface area contributed by atoms with Crippen LogP contribution in [0.5, 0.6) is 0 Å². The van der Waals surface area contributed by atoms with Gasteiger partial charge in [-0.15, -0.1) is 0 Å². The van der Waals surface area contributed by atoms with Crippen LogP contribution in [0.25, 0.3) is 0 Å². The molecule has 8 aliphatic rings. The molecule has 4 saturated carbocycles. The van der Waals surface area contributed by atoms with Crippen molar-refractivity contribution in [3.05, 3.63) is 12.2 Å². The van der Waals surface area contributed by atoms with Gasteiger partial charge in [-0.2, -0.15) is 0 Å². The van der Waals surface area contributed by atoms with Gasteiger partial charge >= 0.3 is 0 Å². The summed E-state index contributed by atoms with van der Waals surface area (Å²) in [6.45, 7) is 15.4. The van der Waals surface area contributed by atoms with Crippen LogP contribution in [-0.2, 0) is 23.7 Å². The van der Waals surface area contributed by atoms with E-state index in [1.807, 2.05) is 0 Å². The lowest BCUT2D eigenvalue weighted by Gasteiger charge is -2.73. The van der Waals surface area contributed by atoms with Crippen LogP contribution >= 0.6 is 0 Å². The van der Waals surface area contributed by atoms with E-state index in [1.54, 1.807) is 6.92 Å². The van der Waals surface area contributed by atoms with Crippen molar-refractivity contribution in [2.45, 2.75) is 179 Å². The highest BCUT2D eigenvalue weighted by molar-refractivity contribution is 5.36. The Hall–Kier alpha value is -0.780. The summed E-state index contributed by atoms with van der Waals surface area (Å²) in [5.41, 5.74) is -1.90. The van der Waals surface area contributed by atoms with Crippen molar-refractivity contribution in [3.63, 3.8) is 0 Å². The molecule has 0 aromatic heterocycles. The fourth-order valence-electron chi connectivity index (χ4n) is 14.3. The minimum Gasteiger partial charge on any atom is -0.396 e. The molecule has 1 spiro atoms. The first-order valence-corrected chi connectivity index (χ1v) is 20.9. The molecule has 3 aliphatic heterocycles. The van der Waals surface area contributed by atoms with Crippen LogP contribution in [0, 0.1) is 50.2 Å². The van der Waals surface area contributed by atoms with Gasteiger partial charge in [0.25, 0.3) is 0 Å². The summed E-state index contributed by atoms with van der Waals surface area (Å²) < 4.78 is 31.2. The van der Waals surface area contributed by atoms with Gasteiger partial charge in [0.15, 0.2) is 12.6 Å². The fraction of sp³-hybridized carbons (Fsp3) is 0.952. The lowest BCUT2D eigenvalue weighted by atomic mass is 9.32. The van der Waals surface area contributed by atoms with E-state index >= 15 is 0 Å². The number of allylic oxidation sites excluding steroid dienone is 1. The number of hydrogen-bond acceptors (Lipinski definition) is 13.